The monoisotopic (exact) mass is 462 g/mol. The van der Waals surface area contributed by atoms with Crippen molar-refractivity contribution in [1.29, 1.82) is 0 Å². The first-order valence-electron chi connectivity index (χ1n) is 9.96. The van der Waals surface area contributed by atoms with Crippen LogP contribution < -0.4 is 16.8 Å². The van der Waals surface area contributed by atoms with Crippen molar-refractivity contribution in [1.82, 2.24) is 9.97 Å². The van der Waals surface area contributed by atoms with Crippen LogP contribution in [0.25, 0.3) is 0 Å². The van der Waals surface area contributed by atoms with Crippen molar-refractivity contribution >= 4 is 33.4 Å². The molecule has 0 aliphatic heterocycles. The summed E-state index contributed by atoms with van der Waals surface area (Å²) in [6.45, 7) is 1.31. The lowest BCUT2D eigenvalue weighted by Crippen LogP contribution is -2.23. The van der Waals surface area contributed by atoms with Gasteiger partial charge >= 0.3 is 5.69 Å². The summed E-state index contributed by atoms with van der Waals surface area (Å²) in [5, 5.41) is 14.7. The number of hydrogen-bond donors (Lipinski definition) is 3. The number of nitrogens with zero attached hydrogens (tertiary/aromatic N) is 3. The van der Waals surface area contributed by atoms with Crippen LogP contribution in [0, 0.1) is 22.0 Å². The molecule has 9 heteroatoms. The van der Waals surface area contributed by atoms with E-state index in [0.717, 1.165) is 42.1 Å². The second kappa shape index (κ2) is 9.98. The van der Waals surface area contributed by atoms with Crippen LogP contribution in [0.15, 0.2) is 28.7 Å². The van der Waals surface area contributed by atoms with E-state index in [-0.39, 0.29) is 11.5 Å². The number of aromatic nitrogens is 2. The molecule has 8 nitrogen and oxygen atoms in total. The molecule has 1 fully saturated rings. The highest BCUT2D eigenvalue weighted by molar-refractivity contribution is 9.10. The lowest BCUT2D eigenvalue weighted by atomic mass is 9.80. The van der Waals surface area contributed by atoms with Crippen molar-refractivity contribution in [2.45, 2.75) is 38.5 Å². The van der Waals surface area contributed by atoms with Gasteiger partial charge in [0.2, 0.25) is 11.8 Å². The Bertz CT molecular complexity index is 855. The fourth-order valence-electron chi connectivity index (χ4n) is 3.90. The Labute approximate surface area is 178 Å². The summed E-state index contributed by atoms with van der Waals surface area (Å²) < 4.78 is 1.04. The quantitative estimate of drug-likeness (QED) is 0.402. The highest BCUT2D eigenvalue weighted by Crippen LogP contribution is 2.34. The van der Waals surface area contributed by atoms with Crippen molar-refractivity contribution in [3.63, 3.8) is 0 Å². The molecule has 29 heavy (non-hydrogen) atoms. The third kappa shape index (κ3) is 5.63. The number of nitrogen functional groups attached to an aromatic ring is 1. The molecule has 1 saturated carbocycles. The maximum absolute atomic E-state index is 11.5. The van der Waals surface area contributed by atoms with Crippen LogP contribution in [-0.2, 0) is 12.8 Å². The average molecular weight is 463 g/mol. The zero-order valence-electron chi connectivity index (χ0n) is 16.3. The van der Waals surface area contributed by atoms with E-state index in [1.807, 2.05) is 24.3 Å². The van der Waals surface area contributed by atoms with Gasteiger partial charge in [-0.1, -0.05) is 34.1 Å². The Balaban J connectivity index is 1.70. The SMILES string of the molecule is NCC1CCC(Cc2nc(NCCc3ccccc3Br)nc(N)c2[N+](=O)[O-])CC1. The van der Waals surface area contributed by atoms with Crippen LogP contribution in [0.2, 0.25) is 0 Å². The average Bonchev–Trinajstić information content (AvgIpc) is 2.69. The molecule has 0 atom stereocenters. The number of benzene rings is 1. The number of rotatable bonds is 8. The molecular weight excluding hydrogens is 436 g/mol. The van der Waals surface area contributed by atoms with Gasteiger partial charge in [-0.3, -0.25) is 10.1 Å². The van der Waals surface area contributed by atoms with Gasteiger partial charge in [-0.2, -0.15) is 4.98 Å². The maximum atomic E-state index is 11.5. The normalized spacial score (nSPS) is 19.1. The van der Waals surface area contributed by atoms with Gasteiger partial charge in [0.05, 0.1) is 4.92 Å². The van der Waals surface area contributed by atoms with E-state index in [2.05, 4.69) is 31.2 Å². The number of nitro groups is 1. The minimum Gasteiger partial charge on any atom is -0.378 e. The second-order valence-corrected chi connectivity index (χ2v) is 8.43. The van der Waals surface area contributed by atoms with Crippen molar-refractivity contribution in [3.8, 4) is 0 Å². The second-order valence-electron chi connectivity index (χ2n) is 7.58. The Kier molecular flexibility index (Phi) is 7.38. The summed E-state index contributed by atoms with van der Waals surface area (Å²) >= 11 is 3.53. The third-order valence-corrected chi connectivity index (χ3v) is 6.36. The Morgan fingerprint density at radius 2 is 1.86 bits per heavy atom. The summed E-state index contributed by atoms with van der Waals surface area (Å²) in [6.07, 6.45) is 5.44. The van der Waals surface area contributed by atoms with Crippen LogP contribution in [0.3, 0.4) is 0 Å². The van der Waals surface area contributed by atoms with Crippen LogP contribution in [-0.4, -0.2) is 28.0 Å². The predicted molar refractivity (Wildman–Crippen MR) is 118 cm³/mol. The number of nitrogens with one attached hydrogen (secondary N) is 1. The molecule has 0 amide bonds. The minimum absolute atomic E-state index is 0.0842. The molecule has 0 spiro atoms. The maximum Gasteiger partial charge on any atom is 0.332 e. The molecule has 156 valence electrons. The van der Waals surface area contributed by atoms with Crippen LogP contribution >= 0.6 is 15.9 Å². The van der Waals surface area contributed by atoms with Gasteiger partial charge in [0.15, 0.2) is 0 Å². The van der Waals surface area contributed by atoms with E-state index < -0.39 is 4.92 Å². The van der Waals surface area contributed by atoms with E-state index in [1.54, 1.807) is 0 Å². The van der Waals surface area contributed by atoms with E-state index in [1.165, 1.54) is 0 Å². The van der Waals surface area contributed by atoms with Crippen molar-refractivity contribution < 1.29 is 4.92 Å². The lowest BCUT2D eigenvalue weighted by molar-refractivity contribution is -0.385. The summed E-state index contributed by atoms with van der Waals surface area (Å²) in [7, 11) is 0. The molecule has 1 aromatic heterocycles. The van der Waals surface area contributed by atoms with Gasteiger partial charge in [0, 0.05) is 11.0 Å². The molecule has 1 aliphatic carbocycles. The molecule has 1 aliphatic rings. The molecule has 1 aromatic carbocycles. The number of anilines is 2. The lowest BCUT2D eigenvalue weighted by Gasteiger charge is -2.27. The zero-order valence-corrected chi connectivity index (χ0v) is 17.9. The topological polar surface area (TPSA) is 133 Å². The fraction of sp³-hybridized carbons (Fsp3) is 0.500. The van der Waals surface area contributed by atoms with E-state index in [4.69, 9.17) is 11.5 Å². The summed E-state index contributed by atoms with van der Waals surface area (Å²) in [5.41, 5.74) is 13.1. The highest BCUT2D eigenvalue weighted by Gasteiger charge is 2.27. The summed E-state index contributed by atoms with van der Waals surface area (Å²) in [6, 6.07) is 7.99. The Hall–Kier alpha value is -2.26. The largest absolute Gasteiger partial charge is 0.378 e. The van der Waals surface area contributed by atoms with Gasteiger partial charge in [-0.15, -0.1) is 0 Å². The van der Waals surface area contributed by atoms with Gasteiger partial charge in [0.1, 0.15) is 5.69 Å². The number of nitrogens with two attached hydrogens (primary N) is 2. The first-order valence-corrected chi connectivity index (χ1v) is 10.7. The van der Waals surface area contributed by atoms with E-state index in [9.17, 15) is 10.1 Å². The van der Waals surface area contributed by atoms with Crippen molar-refractivity contribution in [2.24, 2.45) is 17.6 Å². The third-order valence-electron chi connectivity index (χ3n) is 5.58. The van der Waals surface area contributed by atoms with Gasteiger partial charge in [-0.05, 0) is 68.5 Å². The van der Waals surface area contributed by atoms with Crippen LogP contribution in [0.5, 0.6) is 0 Å². The number of hydrogen-bond acceptors (Lipinski definition) is 7. The minimum atomic E-state index is -0.471. The van der Waals surface area contributed by atoms with Crippen LogP contribution in [0.4, 0.5) is 17.5 Å². The van der Waals surface area contributed by atoms with E-state index >= 15 is 0 Å². The first-order chi connectivity index (χ1) is 14.0. The Morgan fingerprint density at radius 1 is 1.17 bits per heavy atom. The predicted octanol–water partition coefficient (Wildman–Crippen LogP) is 3.69. The number of halogens is 1. The highest BCUT2D eigenvalue weighted by atomic mass is 79.9. The Morgan fingerprint density at radius 3 is 2.52 bits per heavy atom. The molecule has 0 saturated heterocycles. The molecule has 3 rings (SSSR count). The zero-order chi connectivity index (χ0) is 20.8. The molecular formula is C20H27BrN6O2. The van der Waals surface area contributed by atoms with Crippen molar-refractivity contribution in [3.05, 3.63) is 50.1 Å². The first kappa shape index (κ1) is 21.4. The fourth-order valence-corrected chi connectivity index (χ4v) is 4.38. The van der Waals surface area contributed by atoms with Crippen molar-refractivity contribution in [2.75, 3.05) is 24.1 Å². The molecule has 2 aromatic rings. The van der Waals surface area contributed by atoms with Gasteiger partial charge < -0.3 is 16.8 Å². The van der Waals surface area contributed by atoms with Crippen LogP contribution in [0.1, 0.15) is 36.9 Å². The smallest absolute Gasteiger partial charge is 0.332 e. The molecule has 5 N–H and O–H groups in total. The molecule has 0 radical (unpaired) electrons. The summed E-state index contributed by atoms with van der Waals surface area (Å²) in [5.74, 6) is 1.18. The molecule has 0 bridgehead atoms. The standard InChI is InChI=1S/C20H27BrN6O2/c21-16-4-2-1-3-15(16)9-10-24-20-25-17(18(27(28)29)19(23)26-20)11-13-5-7-14(12-22)8-6-13/h1-4,13-14H,5-12,22H2,(H3,23,24,25,26). The molecule has 0 unspecified atom stereocenters. The van der Waals surface area contributed by atoms with Gasteiger partial charge in [0.25, 0.3) is 0 Å². The van der Waals surface area contributed by atoms with Gasteiger partial charge in [-0.25, -0.2) is 4.98 Å². The summed E-state index contributed by atoms with van der Waals surface area (Å²) in [4.78, 5) is 19.6. The molecule has 1 heterocycles. The van der Waals surface area contributed by atoms with E-state index in [0.29, 0.717) is 43.0 Å².